The van der Waals surface area contributed by atoms with Crippen molar-refractivity contribution in [2.24, 2.45) is 0 Å². The van der Waals surface area contributed by atoms with Crippen molar-refractivity contribution in [1.82, 2.24) is 9.80 Å². The molecular weight excluding hydrogens is 355 g/mol. The molecule has 2 aromatic rings. The first-order chi connectivity index (χ1) is 12.5. The summed E-state index contributed by atoms with van der Waals surface area (Å²) in [6.45, 7) is 1.33. The Morgan fingerprint density at radius 2 is 2.00 bits per heavy atom. The SMILES string of the molecule is O=C(C=Cc1cc(CO)cs1)N1CCN(Cc2ccc(F)cc2)C(=O)C1. The molecule has 0 bridgehead atoms. The lowest BCUT2D eigenvalue weighted by atomic mass is 10.2. The molecule has 0 saturated carbocycles. The van der Waals surface area contributed by atoms with Gasteiger partial charge in [-0.25, -0.2) is 4.39 Å². The summed E-state index contributed by atoms with van der Waals surface area (Å²) < 4.78 is 13.0. The summed E-state index contributed by atoms with van der Waals surface area (Å²) in [5.41, 5.74) is 1.67. The number of hydrogen-bond donors (Lipinski definition) is 1. The quantitative estimate of drug-likeness (QED) is 0.817. The zero-order chi connectivity index (χ0) is 18.5. The Kier molecular flexibility index (Phi) is 5.80. The van der Waals surface area contributed by atoms with E-state index in [2.05, 4.69) is 0 Å². The molecule has 2 amide bonds. The molecule has 0 spiro atoms. The molecule has 1 aliphatic rings. The molecule has 0 aliphatic carbocycles. The Morgan fingerprint density at radius 1 is 1.23 bits per heavy atom. The molecule has 1 fully saturated rings. The summed E-state index contributed by atoms with van der Waals surface area (Å²) in [6.07, 6.45) is 3.15. The molecule has 136 valence electrons. The van der Waals surface area contributed by atoms with E-state index in [-0.39, 0.29) is 30.8 Å². The van der Waals surface area contributed by atoms with Gasteiger partial charge in [-0.15, -0.1) is 11.3 Å². The van der Waals surface area contributed by atoms with Crippen LogP contribution in [0.2, 0.25) is 0 Å². The maximum absolute atomic E-state index is 13.0. The monoisotopic (exact) mass is 374 g/mol. The number of carbonyl (C=O) groups excluding carboxylic acids is 2. The summed E-state index contributed by atoms with van der Waals surface area (Å²) in [7, 11) is 0. The Morgan fingerprint density at radius 3 is 2.65 bits per heavy atom. The van der Waals surface area contributed by atoms with Crippen molar-refractivity contribution in [3.05, 3.63) is 63.6 Å². The average Bonchev–Trinajstić information content (AvgIpc) is 3.11. The molecule has 0 radical (unpaired) electrons. The average molecular weight is 374 g/mol. The second-order valence-electron chi connectivity index (χ2n) is 6.05. The van der Waals surface area contributed by atoms with Crippen LogP contribution in [0.1, 0.15) is 16.0 Å². The third-order valence-corrected chi connectivity index (χ3v) is 5.11. The molecule has 1 aliphatic heterocycles. The Balaban J connectivity index is 1.54. The number of rotatable bonds is 5. The van der Waals surface area contributed by atoms with Crippen LogP contribution in [0.5, 0.6) is 0 Å². The van der Waals surface area contributed by atoms with Gasteiger partial charge in [0.15, 0.2) is 0 Å². The molecule has 0 atom stereocenters. The van der Waals surface area contributed by atoms with Crippen molar-refractivity contribution in [3.63, 3.8) is 0 Å². The largest absolute Gasteiger partial charge is 0.392 e. The Hall–Kier alpha value is -2.51. The number of thiophene rings is 1. The molecule has 3 rings (SSSR count). The van der Waals surface area contributed by atoms with Gasteiger partial charge in [-0.3, -0.25) is 9.59 Å². The molecule has 1 aromatic heterocycles. The van der Waals surface area contributed by atoms with E-state index >= 15 is 0 Å². The Bertz CT molecular complexity index is 816. The van der Waals surface area contributed by atoms with Crippen molar-refractivity contribution in [2.75, 3.05) is 19.6 Å². The second kappa shape index (κ2) is 8.25. The summed E-state index contributed by atoms with van der Waals surface area (Å²) in [5.74, 6) is -0.640. The van der Waals surface area contributed by atoms with E-state index in [1.54, 1.807) is 23.1 Å². The number of carbonyl (C=O) groups is 2. The van der Waals surface area contributed by atoms with E-state index in [0.717, 1.165) is 16.0 Å². The van der Waals surface area contributed by atoms with Gasteiger partial charge in [-0.05, 0) is 40.8 Å². The summed E-state index contributed by atoms with van der Waals surface area (Å²) >= 11 is 1.45. The molecule has 5 nitrogen and oxygen atoms in total. The van der Waals surface area contributed by atoms with Gasteiger partial charge in [0.2, 0.25) is 11.8 Å². The second-order valence-corrected chi connectivity index (χ2v) is 6.99. The van der Waals surface area contributed by atoms with Crippen LogP contribution < -0.4 is 0 Å². The molecule has 1 N–H and O–H groups in total. The zero-order valence-corrected chi connectivity index (χ0v) is 14.9. The highest BCUT2D eigenvalue weighted by Crippen LogP contribution is 2.17. The van der Waals surface area contributed by atoms with Crippen LogP contribution in [0.25, 0.3) is 6.08 Å². The smallest absolute Gasteiger partial charge is 0.247 e. The van der Waals surface area contributed by atoms with Crippen molar-refractivity contribution >= 4 is 29.2 Å². The van der Waals surface area contributed by atoms with E-state index in [4.69, 9.17) is 5.11 Å². The van der Waals surface area contributed by atoms with Crippen LogP contribution in [0.3, 0.4) is 0 Å². The van der Waals surface area contributed by atoms with Crippen molar-refractivity contribution < 1.29 is 19.1 Å². The standard InChI is InChI=1S/C19H19FN2O3S/c20-16-3-1-14(2-4-16)10-21-7-8-22(11-19(21)25)18(24)6-5-17-9-15(12-23)13-26-17/h1-6,9,13,23H,7-8,10-12H2. The molecule has 1 saturated heterocycles. The third-order valence-electron chi connectivity index (χ3n) is 4.16. The van der Waals surface area contributed by atoms with Gasteiger partial charge < -0.3 is 14.9 Å². The van der Waals surface area contributed by atoms with E-state index in [9.17, 15) is 14.0 Å². The van der Waals surface area contributed by atoms with Crippen molar-refractivity contribution in [3.8, 4) is 0 Å². The number of aliphatic hydroxyl groups excluding tert-OH is 1. The molecule has 2 heterocycles. The van der Waals surface area contributed by atoms with Gasteiger partial charge in [-0.1, -0.05) is 12.1 Å². The van der Waals surface area contributed by atoms with Gasteiger partial charge in [0.25, 0.3) is 0 Å². The topological polar surface area (TPSA) is 60.9 Å². The highest BCUT2D eigenvalue weighted by Gasteiger charge is 2.26. The maximum Gasteiger partial charge on any atom is 0.247 e. The first-order valence-corrected chi connectivity index (χ1v) is 9.10. The van der Waals surface area contributed by atoms with E-state index in [0.29, 0.717) is 19.6 Å². The lowest BCUT2D eigenvalue weighted by Crippen LogP contribution is -2.51. The van der Waals surface area contributed by atoms with Gasteiger partial charge in [-0.2, -0.15) is 0 Å². The first kappa shape index (κ1) is 18.3. The third kappa shape index (κ3) is 4.56. The normalized spacial score (nSPS) is 15.1. The summed E-state index contributed by atoms with van der Waals surface area (Å²) in [6, 6.07) is 7.88. The van der Waals surface area contributed by atoms with Crippen LogP contribution in [0, 0.1) is 5.82 Å². The molecule has 0 unspecified atom stereocenters. The van der Waals surface area contributed by atoms with Gasteiger partial charge in [0.05, 0.1) is 6.61 Å². The van der Waals surface area contributed by atoms with E-state index in [1.807, 2.05) is 11.4 Å². The fourth-order valence-electron chi connectivity index (χ4n) is 2.70. The maximum atomic E-state index is 13.0. The predicted molar refractivity (Wildman–Crippen MR) is 97.7 cm³/mol. The van der Waals surface area contributed by atoms with Gasteiger partial charge >= 0.3 is 0 Å². The minimum absolute atomic E-state index is 0.0250. The van der Waals surface area contributed by atoms with Crippen molar-refractivity contribution in [1.29, 1.82) is 0 Å². The number of aliphatic hydroxyl groups is 1. The van der Waals surface area contributed by atoms with Crippen LogP contribution in [0.4, 0.5) is 4.39 Å². The van der Waals surface area contributed by atoms with Gasteiger partial charge in [0.1, 0.15) is 12.4 Å². The number of benzene rings is 1. The zero-order valence-electron chi connectivity index (χ0n) is 14.1. The first-order valence-electron chi connectivity index (χ1n) is 8.22. The van der Waals surface area contributed by atoms with Gasteiger partial charge in [0, 0.05) is 30.6 Å². The highest BCUT2D eigenvalue weighted by molar-refractivity contribution is 7.11. The molecule has 7 heteroatoms. The number of nitrogens with zero attached hydrogens (tertiary/aromatic N) is 2. The minimum Gasteiger partial charge on any atom is -0.392 e. The number of hydrogen-bond acceptors (Lipinski definition) is 4. The minimum atomic E-state index is -0.306. The lowest BCUT2D eigenvalue weighted by Gasteiger charge is -2.33. The molecule has 1 aromatic carbocycles. The van der Waals surface area contributed by atoms with Crippen LogP contribution >= 0.6 is 11.3 Å². The van der Waals surface area contributed by atoms with Crippen molar-refractivity contribution in [2.45, 2.75) is 13.2 Å². The van der Waals surface area contributed by atoms with E-state index in [1.165, 1.54) is 34.4 Å². The van der Waals surface area contributed by atoms with Crippen LogP contribution in [0.15, 0.2) is 41.8 Å². The van der Waals surface area contributed by atoms with Crippen LogP contribution in [-0.4, -0.2) is 46.4 Å². The lowest BCUT2D eigenvalue weighted by molar-refractivity contribution is -0.143. The highest BCUT2D eigenvalue weighted by atomic mass is 32.1. The van der Waals surface area contributed by atoms with Crippen LogP contribution in [-0.2, 0) is 22.7 Å². The number of piperazine rings is 1. The summed E-state index contributed by atoms with van der Waals surface area (Å²) in [4.78, 5) is 28.6. The fraction of sp³-hybridized carbons (Fsp3) is 0.263. The van der Waals surface area contributed by atoms with E-state index < -0.39 is 0 Å². The summed E-state index contributed by atoms with van der Waals surface area (Å²) in [5, 5.41) is 10.9. The number of amides is 2. The number of halogens is 1. The Labute approximate surface area is 155 Å². The predicted octanol–water partition coefficient (Wildman–Crippen LogP) is 2.26. The molecule has 26 heavy (non-hydrogen) atoms. The fourth-order valence-corrected chi connectivity index (χ4v) is 3.49. The molecular formula is C19H19FN2O3S.